The second-order valence-electron chi connectivity index (χ2n) is 18.4. The first-order valence-electron chi connectivity index (χ1n) is 27.1. The number of hydrogen-bond donors (Lipinski definition) is 4. The molecule has 3 fully saturated rings. The van der Waals surface area contributed by atoms with Crippen LogP contribution in [0.1, 0.15) is 91.5 Å². The largest absolute Gasteiger partial charge is 0.405 e. The Balaban J connectivity index is 0.000000319. The summed E-state index contributed by atoms with van der Waals surface area (Å²) in [6.07, 6.45) is 15.6. The number of allylic oxidation sites excluding steroid dienone is 4. The molecule has 16 nitrogen and oxygen atoms in total. The van der Waals surface area contributed by atoms with Gasteiger partial charge >= 0.3 is 0 Å². The van der Waals surface area contributed by atoms with Crippen LogP contribution in [0, 0.1) is 11.7 Å². The Morgan fingerprint density at radius 2 is 1.51 bits per heavy atom. The van der Waals surface area contributed by atoms with E-state index >= 15 is 0 Å². The molecule has 0 atom stereocenters. The molecule has 3 aliphatic rings. The number of likely N-dealkylation sites (N-methyl/N-ethyl adjacent to an activating group) is 1. The van der Waals surface area contributed by atoms with Crippen LogP contribution >= 0.6 is 0 Å². The Labute approximate surface area is 455 Å². The second-order valence-corrected chi connectivity index (χ2v) is 18.4. The van der Waals surface area contributed by atoms with Crippen molar-refractivity contribution in [2.45, 2.75) is 66.7 Å². The fourth-order valence-electron chi connectivity index (χ4n) is 9.01. The van der Waals surface area contributed by atoms with Gasteiger partial charge < -0.3 is 31.5 Å². The number of carbonyl (C=O) groups excluding carboxylic acids is 4. The molecule has 3 aliphatic heterocycles. The lowest BCUT2D eigenvalue weighted by Crippen LogP contribution is -2.52. The molecule has 0 spiro atoms. The molecule has 414 valence electrons. The minimum Gasteiger partial charge on any atom is -0.405 e. The maximum Gasteiger partial charge on any atom is 0.274 e. The number of aryl methyl sites for hydroxylation is 1. The predicted molar refractivity (Wildman–Crippen MR) is 309 cm³/mol. The molecule has 6 N–H and O–H groups in total. The lowest BCUT2D eigenvalue weighted by molar-refractivity contribution is -0.134. The zero-order valence-electron chi connectivity index (χ0n) is 46.2. The van der Waals surface area contributed by atoms with Crippen molar-refractivity contribution in [2.24, 2.45) is 17.4 Å². The lowest BCUT2D eigenvalue weighted by Gasteiger charge is -2.39. The van der Waals surface area contributed by atoms with E-state index in [2.05, 4.69) is 67.9 Å². The van der Waals surface area contributed by atoms with Gasteiger partial charge in [-0.1, -0.05) is 114 Å². The third kappa shape index (κ3) is 19.4. The van der Waals surface area contributed by atoms with Crippen molar-refractivity contribution in [1.82, 2.24) is 39.7 Å². The maximum absolute atomic E-state index is 13.6. The number of nitrogens with two attached hydrogens (primary N) is 2. The number of likely N-dealkylation sites (tertiary alicyclic amines) is 1. The van der Waals surface area contributed by atoms with Crippen LogP contribution in [-0.4, -0.2) is 156 Å². The molecule has 5 aromatic rings. The van der Waals surface area contributed by atoms with Crippen LogP contribution in [0.5, 0.6) is 0 Å². The number of anilines is 1. The normalized spacial score (nSPS) is 15.2. The van der Waals surface area contributed by atoms with Crippen molar-refractivity contribution in [3.05, 3.63) is 160 Å². The SMILES string of the molecule is C=C/C=C\C/C=C/N.CC.CC.CCc1cccc(-c2cnc(C(=O)N3CCN(CC4CCN(CC(=O)N5CCN(C)CC5)CC4)CC3)c(NC(=O)CN)c2)c1.O=Cc1cc(Cc2n[nH]c(=O)c3ccccc23)ccc1F. The summed E-state index contributed by atoms with van der Waals surface area (Å²) in [7, 11) is 2.11. The monoisotopic (exact) mass is 1060 g/mol. The highest BCUT2D eigenvalue weighted by Crippen LogP contribution is 2.27. The van der Waals surface area contributed by atoms with E-state index in [4.69, 9.17) is 11.5 Å². The van der Waals surface area contributed by atoms with E-state index in [0.29, 0.717) is 55.0 Å². The van der Waals surface area contributed by atoms with Crippen LogP contribution in [0.4, 0.5) is 10.1 Å². The van der Waals surface area contributed by atoms with Crippen molar-refractivity contribution < 1.29 is 23.6 Å². The van der Waals surface area contributed by atoms with Crippen LogP contribution in [-0.2, 0) is 22.4 Å². The Morgan fingerprint density at radius 1 is 0.818 bits per heavy atom. The standard InChI is InChI=1S/C33H48N8O3.C16H11FN2O2.C7H11N.2C2H6/c1-3-25-5-4-6-27(19-25)28-20-29(36-30(42)21-34)32(35-22-28)33(44)41-17-13-39(14-18-41)23-26-7-9-38(10-8-26)24-31(43)40-15-11-37(2)12-16-40;17-14-6-5-10(7-11(14)9-20)8-15-12-3-1-2-4-13(12)16(21)19-18-15;1-2-3-4-5-6-7-8;2*1-2/h4-6,19-20,22,26H,3,7-18,21,23-24,34H2,1-2H3,(H,36,42);1-7,9H,8H2,(H,19,21);2-4,6-7H,1,5,8H2;2*1-2H3/b;;4-3-,7-6+;;. The number of pyridine rings is 1. The minimum absolute atomic E-state index is 0.0150. The van der Waals surface area contributed by atoms with E-state index in [1.807, 2.05) is 86.1 Å². The first-order chi connectivity index (χ1) is 37.4. The van der Waals surface area contributed by atoms with Gasteiger partial charge in [-0.2, -0.15) is 5.10 Å². The highest BCUT2D eigenvalue weighted by Gasteiger charge is 2.29. The topological polar surface area (TPSA) is 207 Å². The van der Waals surface area contributed by atoms with Gasteiger partial charge in [0, 0.05) is 82.5 Å². The molecule has 77 heavy (non-hydrogen) atoms. The third-order valence-corrected chi connectivity index (χ3v) is 13.3. The van der Waals surface area contributed by atoms with Gasteiger partial charge in [0.2, 0.25) is 11.8 Å². The number of hydrogen-bond acceptors (Lipinski definition) is 12. The number of rotatable bonds is 15. The van der Waals surface area contributed by atoms with E-state index < -0.39 is 5.82 Å². The fourth-order valence-corrected chi connectivity index (χ4v) is 9.01. The summed E-state index contributed by atoms with van der Waals surface area (Å²) < 4.78 is 13.3. The molecule has 5 heterocycles. The third-order valence-electron chi connectivity index (χ3n) is 13.3. The van der Waals surface area contributed by atoms with Gasteiger partial charge in [0.1, 0.15) is 5.82 Å². The van der Waals surface area contributed by atoms with Crippen LogP contribution in [0.25, 0.3) is 21.9 Å². The quantitative estimate of drug-likeness (QED) is 0.0592. The number of amides is 3. The second kappa shape index (κ2) is 33.8. The number of carbonyl (C=O) groups is 4. The summed E-state index contributed by atoms with van der Waals surface area (Å²) in [5.41, 5.74) is 15.5. The molecule has 17 heteroatoms. The maximum atomic E-state index is 13.6. The van der Waals surface area contributed by atoms with Gasteiger partial charge in [0.15, 0.2) is 12.0 Å². The van der Waals surface area contributed by atoms with E-state index in [-0.39, 0.29) is 41.1 Å². The van der Waals surface area contributed by atoms with Crippen LogP contribution in [0.2, 0.25) is 0 Å². The van der Waals surface area contributed by atoms with Gasteiger partial charge in [0.25, 0.3) is 11.5 Å². The molecule has 0 aliphatic carbocycles. The number of H-pyrrole nitrogens is 1. The number of aromatic amines is 1. The number of nitrogens with zero attached hydrogens (tertiary/aromatic N) is 7. The minimum atomic E-state index is -0.548. The van der Waals surface area contributed by atoms with E-state index in [1.54, 1.807) is 30.5 Å². The smallest absolute Gasteiger partial charge is 0.274 e. The van der Waals surface area contributed by atoms with E-state index in [1.165, 1.54) is 23.9 Å². The average molecular weight is 1060 g/mol. The molecule has 0 radical (unpaired) electrons. The Hall–Kier alpha value is -7.18. The zero-order valence-corrected chi connectivity index (χ0v) is 46.2. The predicted octanol–water partition coefficient (Wildman–Crippen LogP) is 7.56. The Kier molecular flexibility index (Phi) is 27.3. The van der Waals surface area contributed by atoms with Crippen molar-refractivity contribution in [3.63, 3.8) is 0 Å². The molecule has 0 saturated carbocycles. The summed E-state index contributed by atoms with van der Waals surface area (Å²) in [6.45, 7) is 23.3. The van der Waals surface area contributed by atoms with Gasteiger partial charge in [-0.3, -0.25) is 33.8 Å². The Morgan fingerprint density at radius 3 is 2.16 bits per heavy atom. The summed E-state index contributed by atoms with van der Waals surface area (Å²) in [4.78, 5) is 76.5. The first-order valence-corrected chi connectivity index (χ1v) is 27.1. The summed E-state index contributed by atoms with van der Waals surface area (Å²) in [5.74, 6) is -0.222. The number of aromatic nitrogens is 3. The number of fused-ring (bicyclic) bond motifs is 1. The van der Waals surface area contributed by atoms with E-state index in [0.717, 1.165) is 107 Å². The molecular formula is C60H82FN11O5. The van der Waals surface area contributed by atoms with Crippen LogP contribution < -0.4 is 22.3 Å². The lowest BCUT2D eigenvalue weighted by atomic mass is 9.96. The van der Waals surface area contributed by atoms with Crippen molar-refractivity contribution >= 4 is 40.5 Å². The molecule has 0 bridgehead atoms. The van der Waals surface area contributed by atoms with Crippen molar-refractivity contribution in [1.29, 1.82) is 0 Å². The number of piperidine rings is 1. The highest BCUT2D eigenvalue weighted by atomic mass is 19.1. The number of aldehydes is 1. The van der Waals surface area contributed by atoms with Crippen LogP contribution in [0.3, 0.4) is 0 Å². The molecule has 0 unspecified atom stereocenters. The van der Waals surface area contributed by atoms with Crippen LogP contribution in [0.15, 0.2) is 121 Å². The van der Waals surface area contributed by atoms with Gasteiger partial charge in [-0.25, -0.2) is 14.5 Å². The van der Waals surface area contributed by atoms with Crippen molar-refractivity contribution in [3.8, 4) is 11.1 Å². The van der Waals surface area contributed by atoms with Gasteiger partial charge in [-0.05, 0) is 98.9 Å². The summed E-state index contributed by atoms with van der Waals surface area (Å²) in [6, 6.07) is 21.5. The van der Waals surface area contributed by atoms with Gasteiger partial charge in [-0.15, -0.1) is 0 Å². The fraction of sp³-hybridized carbons (Fsp3) is 0.417. The molecule has 2 aromatic heterocycles. The Bertz CT molecular complexity index is 2770. The number of halogens is 1. The summed E-state index contributed by atoms with van der Waals surface area (Å²) >= 11 is 0. The first kappa shape index (κ1) is 62.4. The molecule has 3 saturated heterocycles. The summed E-state index contributed by atoms with van der Waals surface area (Å²) in [5, 5.41) is 10.6. The number of piperazine rings is 2. The van der Waals surface area contributed by atoms with Gasteiger partial charge in [0.05, 0.1) is 35.4 Å². The number of nitrogens with one attached hydrogen (secondary N) is 2. The highest BCUT2D eigenvalue weighted by molar-refractivity contribution is 6.03. The molecular weight excluding hydrogens is 974 g/mol. The molecule has 8 rings (SSSR count). The van der Waals surface area contributed by atoms with Crippen molar-refractivity contribution in [2.75, 3.05) is 97.4 Å². The average Bonchev–Trinajstić information content (AvgIpc) is 3.47. The number of benzene rings is 3. The molecule has 3 aromatic carbocycles. The van der Waals surface area contributed by atoms with E-state index in [9.17, 15) is 28.4 Å². The zero-order chi connectivity index (χ0) is 56.1. The molecule has 3 amide bonds.